The van der Waals surface area contributed by atoms with Crippen molar-refractivity contribution >= 4 is 34.8 Å². The number of hydrogen-bond donors (Lipinski definition) is 0. The fraction of sp³-hybridized carbons (Fsp3) is 0.0909. The summed E-state index contributed by atoms with van der Waals surface area (Å²) in [4.78, 5) is 0. The predicted molar refractivity (Wildman–Crippen MR) is 103 cm³/mol. The fourth-order valence-corrected chi connectivity index (χ4v) is 5.27. The van der Waals surface area contributed by atoms with Crippen molar-refractivity contribution in [2.45, 2.75) is 0 Å². The van der Waals surface area contributed by atoms with E-state index in [0.29, 0.717) is 0 Å². The van der Waals surface area contributed by atoms with Gasteiger partial charge < -0.3 is 0 Å². The number of benzene rings is 4. The Hall–Kier alpha value is -2.17. The van der Waals surface area contributed by atoms with E-state index in [1.165, 1.54) is 45.0 Å². The highest BCUT2D eigenvalue weighted by molar-refractivity contribution is 7.73. The lowest BCUT2D eigenvalue weighted by atomic mass is 9.94. The van der Waals surface area contributed by atoms with Crippen LogP contribution in [0.3, 0.4) is 0 Å². The van der Waals surface area contributed by atoms with E-state index in [0.717, 1.165) is 0 Å². The summed E-state index contributed by atoms with van der Waals surface area (Å²) in [7, 11) is 0.0814. The van der Waals surface area contributed by atoms with E-state index in [-0.39, 0.29) is 7.92 Å². The Morgan fingerprint density at radius 3 is 2.00 bits per heavy atom. The molecule has 1 fully saturated rings. The highest BCUT2D eigenvalue weighted by atomic mass is 31.1. The minimum atomic E-state index is 0.0814. The SMILES string of the molecule is c1ccc2c(-c3c(P4CC4)ccc4ccccc34)cccc2c1. The van der Waals surface area contributed by atoms with E-state index in [9.17, 15) is 0 Å². The summed E-state index contributed by atoms with van der Waals surface area (Å²) in [6.07, 6.45) is 2.79. The molecule has 0 radical (unpaired) electrons. The Balaban J connectivity index is 1.93. The molecule has 4 aromatic carbocycles. The van der Waals surface area contributed by atoms with E-state index in [1.54, 1.807) is 5.30 Å². The smallest absolute Gasteiger partial charge is 0.00221 e. The number of rotatable bonds is 2. The Labute approximate surface area is 137 Å². The van der Waals surface area contributed by atoms with Crippen molar-refractivity contribution < 1.29 is 0 Å². The van der Waals surface area contributed by atoms with E-state index in [2.05, 4.69) is 78.9 Å². The van der Waals surface area contributed by atoms with Gasteiger partial charge in [-0.3, -0.25) is 0 Å². The van der Waals surface area contributed by atoms with Crippen molar-refractivity contribution in [1.82, 2.24) is 0 Å². The van der Waals surface area contributed by atoms with Crippen LogP contribution in [-0.4, -0.2) is 12.3 Å². The van der Waals surface area contributed by atoms with E-state index in [1.807, 2.05) is 0 Å². The van der Waals surface area contributed by atoms with Crippen molar-refractivity contribution in [3.63, 3.8) is 0 Å². The number of fused-ring (bicyclic) bond motifs is 2. The first-order valence-corrected chi connectivity index (χ1v) is 9.88. The van der Waals surface area contributed by atoms with Gasteiger partial charge in [0.05, 0.1) is 0 Å². The van der Waals surface area contributed by atoms with Gasteiger partial charge in [0.25, 0.3) is 0 Å². The Morgan fingerprint density at radius 1 is 0.565 bits per heavy atom. The molecule has 0 N–H and O–H groups in total. The van der Waals surface area contributed by atoms with Gasteiger partial charge in [-0.25, -0.2) is 0 Å². The molecule has 23 heavy (non-hydrogen) atoms. The molecule has 4 aromatic rings. The molecule has 0 saturated carbocycles. The second-order valence-corrected chi connectivity index (χ2v) is 8.65. The first-order valence-electron chi connectivity index (χ1n) is 8.17. The minimum Gasteiger partial charge on any atom is -0.0739 e. The average Bonchev–Trinajstić information content (AvgIpc) is 3.45. The summed E-state index contributed by atoms with van der Waals surface area (Å²) in [5.41, 5.74) is 2.87. The lowest BCUT2D eigenvalue weighted by Crippen LogP contribution is -2.02. The normalized spacial score (nSPS) is 14.4. The molecule has 1 heteroatoms. The predicted octanol–water partition coefficient (Wildman–Crippen LogP) is 5.78. The largest absolute Gasteiger partial charge is 0.0739 e. The zero-order valence-electron chi connectivity index (χ0n) is 12.9. The van der Waals surface area contributed by atoms with Crippen LogP contribution in [0.5, 0.6) is 0 Å². The van der Waals surface area contributed by atoms with Crippen LogP contribution in [0, 0.1) is 0 Å². The molecular formula is C22H17P. The molecule has 1 heterocycles. The van der Waals surface area contributed by atoms with E-state index in [4.69, 9.17) is 0 Å². The lowest BCUT2D eigenvalue weighted by molar-refractivity contribution is 1.71. The summed E-state index contributed by atoms with van der Waals surface area (Å²) in [6, 6.07) is 29.0. The lowest BCUT2D eigenvalue weighted by Gasteiger charge is -2.15. The maximum Gasteiger partial charge on any atom is -0.00221 e. The van der Waals surface area contributed by atoms with E-state index < -0.39 is 0 Å². The highest BCUT2D eigenvalue weighted by Gasteiger charge is 2.27. The third-order valence-electron chi connectivity index (χ3n) is 4.75. The second kappa shape index (κ2) is 5.18. The van der Waals surface area contributed by atoms with Gasteiger partial charge in [-0.1, -0.05) is 86.8 Å². The van der Waals surface area contributed by atoms with Crippen LogP contribution in [0.2, 0.25) is 0 Å². The topological polar surface area (TPSA) is 0 Å². The molecule has 1 saturated heterocycles. The fourth-order valence-electron chi connectivity index (χ4n) is 3.54. The van der Waals surface area contributed by atoms with Crippen LogP contribution in [0.25, 0.3) is 32.7 Å². The summed E-state index contributed by atoms with van der Waals surface area (Å²) < 4.78 is 0. The first kappa shape index (κ1) is 13.3. The summed E-state index contributed by atoms with van der Waals surface area (Å²) in [5, 5.41) is 7.03. The Morgan fingerprint density at radius 2 is 1.22 bits per heavy atom. The van der Waals surface area contributed by atoms with Crippen LogP contribution in [0.4, 0.5) is 0 Å². The zero-order chi connectivity index (χ0) is 15.2. The molecule has 0 bridgehead atoms. The molecule has 5 rings (SSSR count). The quantitative estimate of drug-likeness (QED) is 0.411. The molecule has 0 aromatic heterocycles. The van der Waals surface area contributed by atoms with Gasteiger partial charge in [0, 0.05) is 0 Å². The van der Waals surface area contributed by atoms with E-state index >= 15 is 0 Å². The molecule has 0 amide bonds. The maximum atomic E-state index is 2.39. The van der Waals surface area contributed by atoms with Crippen LogP contribution in [0.15, 0.2) is 78.9 Å². The van der Waals surface area contributed by atoms with Crippen LogP contribution < -0.4 is 5.30 Å². The monoisotopic (exact) mass is 312 g/mol. The third kappa shape index (κ3) is 2.18. The van der Waals surface area contributed by atoms with Crippen LogP contribution in [0.1, 0.15) is 0 Å². The minimum absolute atomic E-state index is 0.0814. The van der Waals surface area contributed by atoms with Gasteiger partial charge in [-0.2, -0.15) is 0 Å². The van der Waals surface area contributed by atoms with Gasteiger partial charge in [0.2, 0.25) is 0 Å². The van der Waals surface area contributed by atoms with Gasteiger partial charge in [-0.15, -0.1) is 0 Å². The second-order valence-electron chi connectivity index (χ2n) is 6.19. The van der Waals surface area contributed by atoms with Crippen molar-refractivity contribution in [2.75, 3.05) is 12.3 Å². The number of hydrogen-bond acceptors (Lipinski definition) is 0. The van der Waals surface area contributed by atoms with Gasteiger partial charge >= 0.3 is 0 Å². The Bertz CT molecular complexity index is 1020. The van der Waals surface area contributed by atoms with Gasteiger partial charge in [0.15, 0.2) is 0 Å². The van der Waals surface area contributed by atoms with Crippen molar-refractivity contribution in [3.05, 3.63) is 78.9 Å². The molecule has 0 aliphatic carbocycles. The molecule has 110 valence electrons. The molecular weight excluding hydrogens is 295 g/mol. The molecule has 0 nitrogen and oxygen atoms in total. The van der Waals surface area contributed by atoms with Crippen molar-refractivity contribution in [1.29, 1.82) is 0 Å². The highest BCUT2D eigenvalue weighted by Crippen LogP contribution is 2.52. The van der Waals surface area contributed by atoms with Crippen LogP contribution >= 0.6 is 7.92 Å². The molecule has 0 spiro atoms. The van der Waals surface area contributed by atoms with Crippen LogP contribution in [-0.2, 0) is 0 Å². The average molecular weight is 312 g/mol. The zero-order valence-corrected chi connectivity index (χ0v) is 13.8. The summed E-state index contributed by atoms with van der Waals surface area (Å²) in [6.45, 7) is 0. The van der Waals surface area contributed by atoms with Gasteiger partial charge in [0.1, 0.15) is 0 Å². The molecule has 0 unspecified atom stereocenters. The summed E-state index contributed by atoms with van der Waals surface area (Å²) in [5.74, 6) is 0. The third-order valence-corrected chi connectivity index (χ3v) is 6.70. The van der Waals surface area contributed by atoms with Gasteiger partial charge in [-0.05, 0) is 50.3 Å². The van der Waals surface area contributed by atoms with Crippen molar-refractivity contribution in [2.24, 2.45) is 0 Å². The molecule has 0 atom stereocenters. The molecule has 1 aliphatic rings. The van der Waals surface area contributed by atoms with Crippen molar-refractivity contribution in [3.8, 4) is 11.1 Å². The first-order chi connectivity index (χ1) is 11.4. The molecule has 1 aliphatic heterocycles. The maximum absolute atomic E-state index is 2.39. The standard InChI is InChI=1S/C22H17P/c1-3-9-18-16(6-1)8-5-11-20(18)22-19-10-4-2-7-17(19)12-13-21(22)23-14-15-23/h1-13H,14-15H2. The summed E-state index contributed by atoms with van der Waals surface area (Å²) >= 11 is 0. The Kier molecular flexibility index (Phi) is 2.99.